The summed E-state index contributed by atoms with van der Waals surface area (Å²) < 4.78 is 11.6. The van der Waals surface area contributed by atoms with Gasteiger partial charge in [-0.3, -0.25) is 4.79 Å². The van der Waals surface area contributed by atoms with Crippen LogP contribution in [0.25, 0.3) is 0 Å². The Morgan fingerprint density at radius 2 is 1.61 bits per heavy atom. The Morgan fingerprint density at radius 3 is 2.18 bits per heavy atom. The molecule has 0 saturated carbocycles. The van der Waals surface area contributed by atoms with Gasteiger partial charge >= 0.3 is 0 Å². The van der Waals surface area contributed by atoms with Crippen molar-refractivity contribution < 1.29 is 14.3 Å². The summed E-state index contributed by atoms with van der Waals surface area (Å²) in [6, 6.07) is 16.4. The first-order valence-corrected chi connectivity index (χ1v) is 10.2. The minimum Gasteiger partial charge on any atom is -0.494 e. The smallest absolute Gasteiger partial charge is 0.136 e. The second kappa shape index (κ2) is 9.13. The normalized spacial score (nSPS) is 15.2. The van der Waals surface area contributed by atoms with Crippen molar-refractivity contribution in [2.75, 3.05) is 24.6 Å². The Balaban J connectivity index is 1.47. The molecular weight excluding hydrogens is 350 g/mol. The summed E-state index contributed by atoms with van der Waals surface area (Å²) in [5.74, 6) is 2.45. The highest BCUT2D eigenvalue weighted by molar-refractivity contribution is 5.81. The van der Waals surface area contributed by atoms with Crippen LogP contribution in [0.1, 0.15) is 45.6 Å². The van der Waals surface area contributed by atoms with Gasteiger partial charge in [-0.1, -0.05) is 32.9 Å². The van der Waals surface area contributed by atoms with Crippen molar-refractivity contribution in [1.82, 2.24) is 0 Å². The maximum atomic E-state index is 11.9. The van der Waals surface area contributed by atoms with E-state index in [0.29, 0.717) is 18.8 Å². The fraction of sp³-hybridized carbons (Fsp3) is 0.458. The summed E-state index contributed by atoms with van der Waals surface area (Å²) in [5, 5.41) is 0. The SMILES string of the molecule is CCOc1ccc(N2CC(Oc3ccc([C@H](C)CC(=O)C(C)C)cc3)C2)cc1. The molecule has 3 rings (SSSR count). The van der Waals surface area contributed by atoms with Gasteiger partial charge in [0.25, 0.3) is 0 Å². The summed E-state index contributed by atoms with van der Waals surface area (Å²) in [6.45, 7) is 10.5. The summed E-state index contributed by atoms with van der Waals surface area (Å²) in [4.78, 5) is 14.2. The summed E-state index contributed by atoms with van der Waals surface area (Å²) in [6.07, 6.45) is 0.801. The third-order valence-corrected chi connectivity index (χ3v) is 5.26. The predicted molar refractivity (Wildman–Crippen MR) is 114 cm³/mol. The molecule has 0 amide bonds. The van der Waals surface area contributed by atoms with E-state index in [0.717, 1.165) is 24.6 Å². The van der Waals surface area contributed by atoms with Gasteiger partial charge in [-0.2, -0.15) is 0 Å². The van der Waals surface area contributed by atoms with Crippen LogP contribution in [0.4, 0.5) is 5.69 Å². The lowest BCUT2D eigenvalue weighted by Crippen LogP contribution is -2.54. The number of ether oxygens (including phenoxy) is 2. The van der Waals surface area contributed by atoms with Gasteiger partial charge in [0.2, 0.25) is 0 Å². The number of hydrogen-bond acceptors (Lipinski definition) is 4. The summed E-state index contributed by atoms with van der Waals surface area (Å²) in [5.41, 5.74) is 2.38. The molecule has 1 aliphatic heterocycles. The van der Waals surface area contributed by atoms with Crippen LogP contribution in [0.5, 0.6) is 11.5 Å². The molecule has 0 radical (unpaired) electrons. The topological polar surface area (TPSA) is 38.8 Å². The van der Waals surface area contributed by atoms with E-state index in [1.807, 2.05) is 45.0 Å². The van der Waals surface area contributed by atoms with Gasteiger partial charge in [0.15, 0.2) is 0 Å². The van der Waals surface area contributed by atoms with E-state index in [9.17, 15) is 4.79 Å². The van der Waals surface area contributed by atoms with E-state index in [2.05, 4.69) is 36.1 Å². The minimum atomic E-state index is 0.0991. The number of nitrogens with zero attached hydrogens (tertiary/aromatic N) is 1. The molecule has 150 valence electrons. The highest BCUT2D eigenvalue weighted by Crippen LogP contribution is 2.28. The maximum Gasteiger partial charge on any atom is 0.136 e. The van der Waals surface area contributed by atoms with Crippen molar-refractivity contribution in [2.45, 2.75) is 46.1 Å². The van der Waals surface area contributed by atoms with Crippen molar-refractivity contribution in [3.63, 3.8) is 0 Å². The zero-order valence-electron chi connectivity index (χ0n) is 17.4. The van der Waals surface area contributed by atoms with E-state index in [4.69, 9.17) is 9.47 Å². The van der Waals surface area contributed by atoms with Crippen LogP contribution in [0.3, 0.4) is 0 Å². The molecule has 4 heteroatoms. The molecule has 1 fully saturated rings. The van der Waals surface area contributed by atoms with Crippen LogP contribution in [-0.2, 0) is 4.79 Å². The zero-order valence-corrected chi connectivity index (χ0v) is 17.4. The Bertz CT molecular complexity index is 761. The van der Waals surface area contributed by atoms with Crippen molar-refractivity contribution >= 4 is 11.5 Å². The highest BCUT2D eigenvalue weighted by Gasteiger charge is 2.28. The van der Waals surface area contributed by atoms with Crippen molar-refractivity contribution in [1.29, 1.82) is 0 Å². The molecule has 0 aliphatic carbocycles. The number of carbonyl (C=O) groups excluding carboxylic acids is 1. The number of carbonyl (C=O) groups is 1. The highest BCUT2D eigenvalue weighted by atomic mass is 16.5. The third kappa shape index (κ3) is 5.06. The first kappa shape index (κ1) is 20.2. The van der Waals surface area contributed by atoms with Crippen LogP contribution < -0.4 is 14.4 Å². The van der Waals surface area contributed by atoms with Gasteiger partial charge < -0.3 is 14.4 Å². The van der Waals surface area contributed by atoms with E-state index in [1.54, 1.807) is 0 Å². The molecule has 2 aromatic rings. The predicted octanol–water partition coefficient (Wildman–Crippen LogP) is 5.07. The van der Waals surface area contributed by atoms with Crippen LogP contribution in [-0.4, -0.2) is 31.6 Å². The van der Waals surface area contributed by atoms with Crippen molar-refractivity contribution in [3.8, 4) is 11.5 Å². The quantitative estimate of drug-likeness (QED) is 0.608. The van der Waals surface area contributed by atoms with Crippen LogP contribution in [0.15, 0.2) is 48.5 Å². The van der Waals surface area contributed by atoms with Gasteiger partial charge in [0.05, 0.1) is 19.7 Å². The van der Waals surface area contributed by atoms with Crippen LogP contribution in [0.2, 0.25) is 0 Å². The number of hydrogen-bond donors (Lipinski definition) is 0. The first-order valence-electron chi connectivity index (χ1n) is 10.2. The molecule has 0 spiro atoms. The first-order chi connectivity index (χ1) is 13.5. The molecule has 1 atom stereocenters. The standard InChI is InChI=1S/C24H31NO3/c1-5-27-21-12-8-20(9-13-21)25-15-23(16-25)28-22-10-6-19(7-11-22)18(4)14-24(26)17(2)3/h6-13,17-18,23H,5,14-16H2,1-4H3/t18-/m1/s1. The van der Waals surface area contributed by atoms with Crippen LogP contribution >= 0.6 is 0 Å². The lowest BCUT2D eigenvalue weighted by Gasteiger charge is -2.40. The average molecular weight is 382 g/mol. The number of benzene rings is 2. The largest absolute Gasteiger partial charge is 0.494 e. The molecule has 1 saturated heterocycles. The lowest BCUT2D eigenvalue weighted by molar-refractivity contribution is -0.122. The average Bonchev–Trinajstić information content (AvgIpc) is 2.66. The molecule has 2 aromatic carbocycles. The minimum absolute atomic E-state index is 0.0991. The van der Waals surface area contributed by atoms with E-state index in [1.165, 1.54) is 11.3 Å². The molecule has 1 heterocycles. The van der Waals surface area contributed by atoms with Gasteiger partial charge in [-0.05, 0) is 54.8 Å². The molecule has 0 bridgehead atoms. The van der Waals surface area contributed by atoms with Gasteiger partial charge in [-0.25, -0.2) is 0 Å². The maximum absolute atomic E-state index is 11.9. The number of rotatable bonds is 9. The monoisotopic (exact) mass is 381 g/mol. The third-order valence-electron chi connectivity index (χ3n) is 5.26. The zero-order chi connectivity index (χ0) is 20.1. The second-order valence-electron chi connectivity index (χ2n) is 7.87. The summed E-state index contributed by atoms with van der Waals surface area (Å²) >= 11 is 0. The molecule has 0 aromatic heterocycles. The van der Waals surface area contributed by atoms with Gasteiger partial charge in [0, 0.05) is 18.0 Å². The molecular formula is C24H31NO3. The van der Waals surface area contributed by atoms with E-state index < -0.39 is 0 Å². The Labute approximate surface area is 168 Å². The molecule has 1 aliphatic rings. The number of ketones is 1. The Kier molecular flexibility index (Phi) is 6.61. The lowest BCUT2D eigenvalue weighted by atomic mass is 9.92. The van der Waals surface area contributed by atoms with Gasteiger partial charge in [0.1, 0.15) is 23.4 Å². The Morgan fingerprint density at radius 1 is 1.00 bits per heavy atom. The second-order valence-corrected chi connectivity index (χ2v) is 7.87. The molecule has 0 N–H and O–H groups in total. The van der Waals surface area contributed by atoms with Crippen LogP contribution in [0, 0.1) is 5.92 Å². The molecule has 0 unspecified atom stereocenters. The molecule has 28 heavy (non-hydrogen) atoms. The van der Waals surface area contributed by atoms with Crippen molar-refractivity contribution in [3.05, 3.63) is 54.1 Å². The fourth-order valence-electron chi connectivity index (χ4n) is 3.37. The fourth-order valence-corrected chi connectivity index (χ4v) is 3.37. The van der Waals surface area contributed by atoms with Crippen molar-refractivity contribution in [2.24, 2.45) is 5.92 Å². The van der Waals surface area contributed by atoms with E-state index >= 15 is 0 Å². The van der Waals surface area contributed by atoms with E-state index in [-0.39, 0.29) is 17.9 Å². The Hall–Kier alpha value is -2.49. The van der Waals surface area contributed by atoms with Gasteiger partial charge in [-0.15, -0.1) is 0 Å². The number of Topliss-reactive ketones (excluding diaryl/α,β-unsaturated/α-hetero) is 1. The summed E-state index contributed by atoms with van der Waals surface area (Å²) in [7, 11) is 0. The molecule has 4 nitrogen and oxygen atoms in total. The number of anilines is 1.